The summed E-state index contributed by atoms with van der Waals surface area (Å²) in [5, 5.41) is 9.91. The number of carboxylic acids is 1. The van der Waals surface area contributed by atoms with E-state index in [1.54, 1.807) is 29.4 Å². The van der Waals surface area contributed by atoms with E-state index in [1.165, 1.54) is 6.92 Å². The van der Waals surface area contributed by atoms with Crippen molar-refractivity contribution < 1.29 is 29.0 Å². The number of esters is 1. The van der Waals surface area contributed by atoms with Crippen LogP contribution in [0.1, 0.15) is 38.4 Å². The van der Waals surface area contributed by atoms with Gasteiger partial charge in [0.2, 0.25) is 12.3 Å². The molecule has 1 aromatic rings. The van der Waals surface area contributed by atoms with E-state index in [4.69, 9.17) is 14.6 Å². The third kappa shape index (κ3) is 8.50. The van der Waals surface area contributed by atoms with Gasteiger partial charge in [-0.1, -0.05) is 0 Å². The summed E-state index contributed by atoms with van der Waals surface area (Å²) in [5.74, 6) is -1.60. The lowest BCUT2D eigenvalue weighted by Gasteiger charge is -2.29. The van der Waals surface area contributed by atoms with Crippen molar-refractivity contribution in [2.75, 3.05) is 13.1 Å². The van der Waals surface area contributed by atoms with Crippen LogP contribution in [-0.2, 0) is 23.9 Å². The molecule has 1 aliphatic heterocycles. The van der Waals surface area contributed by atoms with Crippen LogP contribution in [0.2, 0.25) is 0 Å². The summed E-state index contributed by atoms with van der Waals surface area (Å²) in [6.45, 7) is 3.66. The van der Waals surface area contributed by atoms with Crippen LogP contribution in [0.15, 0.2) is 24.5 Å². The van der Waals surface area contributed by atoms with Crippen LogP contribution in [-0.4, -0.2) is 58.4 Å². The molecule has 0 aromatic carbocycles. The third-order valence-corrected chi connectivity index (χ3v) is 3.56. The molecule has 2 amide bonds. The highest BCUT2D eigenvalue weighted by Gasteiger charge is 2.35. The average Bonchev–Trinajstić information content (AvgIpc) is 3.12. The normalized spacial score (nSPS) is 14.5. The Kier molecular flexibility index (Phi) is 11.4. The topological polar surface area (TPSA) is 126 Å². The Bertz CT molecular complexity index is 618. The van der Waals surface area contributed by atoms with E-state index in [2.05, 4.69) is 10.3 Å². The van der Waals surface area contributed by atoms with Gasteiger partial charge in [0, 0.05) is 39.3 Å². The number of carbonyl (C=O) groups is 4. The number of rotatable bonds is 6. The van der Waals surface area contributed by atoms with Crippen LogP contribution < -0.4 is 5.32 Å². The van der Waals surface area contributed by atoms with Crippen molar-refractivity contribution in [2.24, 2.45) is 0 Å². The molecule has 1 aromatic heterocycles. The lowest BCUT2D eigenvalue weighted by Crippen LogP contribution is -2.49. The summed E-state index contributed by atoms with van der Waals surface area (Å²) in [4.78, 5) is 49.5. The van der Waals surface area contributed by atoms with E-state index < -0.39 is 24.1 Å². The van der Waals surface area contributed by atoms with Crippen LogP contribution >= 0.6 is 12.4 Å². The zero-order chi connectivity index (χ0) is 19.5. The molecule has 0 spiro atoms. The Labute approximate surface area is 163 Å². The lowest BCUT2D eigenvalue weighted by atomic mass is 10.0. The largest absolute Gasteiger partial charge is 0.481 e. The second-order valence-electron chi connectivity index (χ2n) is 5.62. The predicted octanol–water partition coefficient (Wildman–Crippen LogP) is 0.935. The van der Waals surface area contributed by atoms with Crippen LogP contribution in [0.4, 0.5) is 0 Å². The molecule has 0 radical (unpaired) electrons. The van der Waals surface area contributed by atoms with Gasteiger partial charge in [-0.15, -0.1) is 12.4 Å². The Balaban J connectivity index is 0.00000123. The number of amides is 2. The summed E-state index contributed by atoms with van der Waals surface area (Å²) >= 11 is 0. The minimum atomic E-state index is -0.943. The number of halogens is 1. The number of nitrogens with one attached hydrogen (secondary N) is 1. The molecular formula is C17H24ClN3O6. The second kappa shape index (κ2) is 12.6. The minimum absolute atomic E-state index is 0. The number of nitrogens with zero attached hydrogens (tertiary/aromatic N) is 2. The van der Waals surface area contributed by atoms with E-state index in [1.807, 2.05) is 0 Å². The molecule has 2 rings (SSSR count). The Hall–Kier alpha value is -2.68. The molecule has 9 nitrogen and oxygen atoms in total. The Morgan fingerprint density at radius 2 is 1.74 bits per heavy atom. The molecule has 2 N–H and O–H groups in total. The molecule has 2 unspecified atom stereocenters. The fourth-order valence-electron chi connectivity index (χ4n) is 2.56. The lowest BCUT2D eigenvalue weighted by molar-refractivity contribution is -0.152. The minimum Gasteiger partial charge on any atom is -0.481 e. The highest BCUT2D eigenvalue weighted by Crippen LogP contribution is 2.24. The summed E-state index contributed by atoms with van der Waals surface area (Å²) in [5.41, 5.74) is 0.608. The fourth-order valence-corrected chi connectivity index (χ4v) is 2.56. The summed E-state index contributed by atoms with van der Waals surface area (Å²) in [6.07, 6.45) is 4.55. The summed E-state index contributed by atoms with van der Waals surface area (Å²) < 4.78 is 5.30. The quantitative estimate of drug-likeness (QED) is 0.536. The zero-order valence-corrected chi connectivity index (χ0v) is 16.0. The predicted molar refractivity (Wildman–Crippen MR) is 98.1 cm³/mol. The first kappa shape index (κ1) is 24.3. The van der Waals surface area contributed by atoms with E-state index in [0.29, 0.717) is 25.1 Å². The van der Waals surface area contributed by atoms with Crippen LogP contribution in [0.3, 0.4) is 0 Å². The molecule has 1 fully saturated rings. The SMILES string of the molecule is CC(=O)O.CC(=O)OC(c1ccncc1)C(NC=O)C(=O)N1CCCC1.Cl. The molecule has 0 aliphatic carbocycles. The van der Waals surface area contributed by atoms with Crippen molar-refractivity contribution in [3.8, 4) is 0 Å². The standard InChI is InChI=1S/C15H19N3O4.C2H4O2.ClH/c1-11(20)22-14(12-4-6-16-7-5-12)13(17-10-19)15(21)18-8-2-3-9-18;1-2(3)4;/h4-7,10,13-14H,2-3,8-9H2,1H3,(H,17,19);1H3,(H,3,4);1H. The van der Waals surface area contributed by atoms with Gasteiger partial charge in [0.1, 0.15) is 6.04 Å². The molecule has 27 heavy (non-hydrogen) atoms. The van der Waals surface area contributed by atoms with E-state index >= 15 is 0 Å². The maximum atomic E-state index is 12.6. The molecule has 10 heteroatoms. The number of pyridine rings is 1. The van der Waals surface area contributed by atoms with Gasteiger partial charge < -0.3 is 20.1 Å². The van der Waals surface area contributed by atoms with Gasteiger partial charge >= 0.3 is 5.97 Å². The molecule has 150 valence electrons. The van der Waals surface area contributed by atoms with Crippen molar-refractivity contribution in [3.63, 3.8) is 0 Å². The van der Waals surface area contributed by atoms with Gasteiger partial charge in [0.15, 0.2) is 6.10 Å². The van der Waals surface area contributed by atoms with Crippen molar-refractivity contribution in [3.05, 3.63) is 30.1 Å². The number of hydrogen-bond acceptors (Lipinski definition) is 6. The first-order valence-corrected chi connectivity index (χ1v) is 8.12. The highest BCUT2D eigenvalue weighted by atomic mass is 35.5. The first-order chi connectivity index (χ1) is 12.4. The third-order valence-electron chi connectivity index (χ3n) is 3.56. The van der Waals surface area contributed by atoms with E-state index in [0.717, 1.165) is 19.8 Å². The van der Waals surface area contributed by atoms with Gasteiger partial charge in [-0.25, -0.2) is 0 Å². The van der Waals surface area contributed by atoms with Gasteiger partial charge in [-0.2, -0.15) is 0 Å². The number of carboxylic acid groups (broad SMARTS) is 1. The first-order valence-electron chi connectivity index (χ1n) is 8.12. The smallest absolute Gasteiger partial charge is 0.303 e. The maximum Gasteiger partial charge on any atom is 0.303 e. The molecule has 2 atom stereocenters. The molecule has 2 heterocycles. The average molecular weight is 402 g/mol. The molecule has 1 aliphatic rings. The Morgan fingerprint density at radius 3 is 2.19 bits per heavy atom. The van der Waals surface area contributed by atoms with Gasteiger partial charge in [0.05, 0.1) is 0 Å². The molecule has 0 bridgehead atoms. The number of carbonyl (C=O) groups excluding carboxylic acids is 3. The number of likely N-dealkylation sites (tertiary alicyclic amines) is 1. The second-order valence-corrected chi connectivity index (χ2v) is 5.62. The van der Waals surface area contributed by atoms with Gasteiger partial charge in [-0.05, 0) is 30.5 Å². The van der Waals surface area contributed by atoms with Crippen molar-refractivity contribution >= 4 is 36.7 Å². The zero-order valence-electron chi connectivity index (χ0n) is 15.2. The van der Waals surface area contributed by atoms with Crippen LogP contribution in [0.25, 0.3) is 0 Å². The van der Waals surface area contributed by atoms with Crippen molar-refractivity contribution in [1.82, 2.24) is 15.2 Å². The molecule has 1 saturated heterocycles. The van der Waals surface area contributed by atoms with Crippen molar-refractivity contribution in [2.45, 2.75) is 38.8 Å². The molecule has 0 saturated carbocycles. The number of ether oxygens (including phenoxy) is 1. The number of aliphatic carboxylic acids is 1. The summed E-state index contributed by atoms with van der Waals surface area (Å²) in [7, 11) is 0. The number of hydrogen-bond donors (Lipinski definition) is 2. The Morgan fingerprint density at radius 1 is 1.22 bits per heavy atom. The maximum absolute atomic E-state index is 12.6. The molecular weight excluding hydrogens is 378 g/mol. The van der Waals surface area contributed by atoms with E-state index in [-0.39, 0.29) is 18.3 Å². The van der Waals surface area contributed by atoms with E-state index in [9.17, 15) is 14.4 Å². The van der Waals surface area contributed by atoms with Gasteiger partial charge in [-0.3, -0.25) is 24.2 Å². The summed E-state index contributed by atoms with van der Waals surface area (Å²) in [6, 6.07) is 2.37. The van der Waals surface area contributed by atoms with Gasteiger partial charge in [0.25, 0.3) is 5.97 Å². The monoisotopic (exact) mass is 401 g/mol. The highest BCUT2D eigenvalue weighted by molar-refractivity contribution is 5.85. The van der Waals surface area contributed by atoms with Crippen molar-refractivity contribution in [1.29, 1.82) is 0 Å². The van der Waals surface area contributed by atoms with Crippen LogP contribution in [0, 0.1) is 0 Å². The number of aromatic nitrogens is 1. The fraction of sp³-hybridized carbons (Fsp3) is 0.471. The van der Waals surface area contributed by atoms with Crippen LogP contribution in [0.5, 0.6) is 0 Å².